The standard InChI is InChI=1S/C28H31N5O/c1-20-8-10-21(11-9-20)16-32-26(34)24-17-31(15-22-6-5-7-23(14-22)29-4)13-12-25(24)33-19-28(2,3)18-30-27(32)33/h5-11,14H,12-13,15-19H2,1-3H3. The molecule has 0 saturated heterocycles. The van der Waals surface area contributed by atoms with Crippen molar-refractivity contribution in [3.05, 3.63) is 87.9 Å². The molecule has 6 nitrogen and oxygen atoms in total. The Morgan fingerprint density at radius 1 is 1.09 bits per heavy atom. The Labute approximate surface area is 202 Å². The van der Waals surface area contributed by atoms with E-state index in [0.29, 0.717) is 18.8 Å². The van der Waals surface area contributed by atoms with Gasteiger partial charge in [0.15, 0.2) is 5.69 Å². The molecule has 0 aliphatic carbocycles. The highest BCUT2D eigenvalue weighted by atomic mass is 16.2. The van der Waals surface area contributed by atoms with Crippen LogP contribution >= 0.6 is 0 Å². The van der Waals surface area contributed by atoms with Crippen molar-refractivity contribution in [1.82, 2.24) is 14.7 Å². The summed E-state index contributed by atoms with van der Waals surface area (Å²) in [5.41, 5.74) is 6.18. The van der Waals surface area contributed by atoms with Crippen LogP contribution in [0.1, 0.15) is 37.0 Å². The van der Waals surface area contributed by atoms with Crippen LogP contribution < -0.4 is 0 Å². The average molecular weight is 454 g/mol. The number of fused-ring (bicyclic) bond motifs is 2. The molecule has 5 rings (SSSR count). The molecular formula is C28H31N5O. The van der Waals surface area contributed by atoms with Crippen molar-refractivity contribution >= 4 is 17.6 Å². The number of hydrogen-bond acceptors (Lipinski definition) is 4. The lowest BCUT2D eigenvalue weighted by Gasteiger charge is -2.48. The number of benzene rings is 2. The van der Waals surface area contributed by atoms with Crippen molar-refractivity contribution in [2.24, 2.45) is 10.4 Å². The van der Waals surface area contributed by atoms with E-state index in [2.05, 4.69) is 65.7 Å². The summed E-state index contributed by atoms with van der Waals surface area (Å²) in [6, 6.07) is 16.2. The van der Waals surface area contributed by atoms with E-state index in [0.717, 1.165) is 61.0 Å². The average Bonchev–Trinajstić information content (AvgIpc) is 2.83. The number of carbonyl (C=O) groups excluding carboxylic acids is 1. The van der Waals surface area contributed by atoms with Crippen molar-refractivity contribution in [3.63, 3.8) is 0 Å². The number of guanidine groups is 1. The summed E-state index contributed by atoms with van der Waals surface area (Å²) in [5.74, 6) is 0.881. The van der Waals surface area contributed by atoms with Gasteiger partial charge in [0, 0.05) is 50.3 Å². The highest BCUT2D eigenvalue weighted by Crippen LogP contribution is 2.35. The third-order valence-electron chi connectivity index (χ3n) is 6.85. The zero-order chi connectivity index (χ0) is 23.9. The number of nitrogens with zero attached hydrogens (tertiary/aromatic N) is 5. The van der Waals surface area contributed by atoms with Gasteiger partial charge in [-0.3, -0.25) is 19.6 Å². The van der Waals surface area contributed by atoms with Gasteiger partial charge in [0.25, 0.3) is 5.91 Å². The first-order valence-electron chi connectivity index (χ1n) is 11.9. The van der Waals surface area contributed by atoms with E-state index >= 15 is 0 Å². The van der Waals surface area contributed by atoms with Gasteiger partial charge >= 0.3 is 0 Å². The Kier molecular flexibility index (Phi) is 5.75. The van der Waals surface area contributed by atoms with Crippen LogP contribution in [0, 0.1) is 18.9 Å². The van der Waals surface area contributed by atoms with E-state index in [1.54, 1.807) is 0 Å². The molecule has 0 N–H and O–H groups in total. The molecule has 3 aliphatic heterocycles. The highest BCUT2D eigenvalue weighted by molar-refractivity contribution is 6.09. The fourth-order valence-corrected chi connectivity index (χ4v) is 5.05. The van der Waals surface area contributed by atoms with E-state index < -0.39 is 0 Å². The van der Waals surface area contributed by atoms with Gasteiger partial charge in [-0.05, 0) is 18.1 Å². The summed E-state index contributed by atoms with van der Waals surface area (Å²) in [6.45, 7) is 18.2. The Bertz CT molecular complexity index is 1220. The van der Waals surface area contributed by atoms with Crippen LogP contribution in [0.5, 0.6) is 0 Å². The van der Waals surface area contributed by atoms with Gasteiger partial charge < -0.3 is 4.90 Å². The van der Waals surface area contributed by atoms with Crippen LogP contribution in [0.2, 0.25) is 0 Å². The minimum atomic E-state index is 0.0643. The number of hydrogen-bond donors (Lipinski definition) is 0. The second-order valence-electron chi connectivity index (χ2n) is 10.4. The molecule has 2 aromatic carbocycles. The molecule has 6 heteroatoms. The SMILES string of the molecule is [C-]#[N+]c1cccc(CN2CCC3=C(C2)C(=O)N(Cc2ccc(C)cc2)C2=NCC(C)(C)CN23)c1. The van der Waals surface area contributed by atoms with Crippen LogP contribution in [0.4, 0.5) is 5.69 Å². The number of aryl methyl sites for hydroxylation is 1. The number of carbonyl (C=O) groups is 1. The summed E-state index contributed by atoms with van der Waals surface area (Å²) in [6.07, 6.45) is 0.830. The third kappa shape index (κ3) is 4.36. The van der Waals surface area contributed by atoms with Crippen LogP contribution in [0.15, 0.2) is 64.8 Å². The zero-order valence-electron chi connectivity index (χ0n) is 20.2. The molecule has 1 amide bonds. The van der Waals surface area contributed by atoms with Gasteiger partial charge in [-0.2, -0.15) is 0 Å². The maximum absolute atomic E-state index is 13.8. The lowest BCUT2D eigenvalue weighted by molar-refractivity contribution is -0.126. The summed E-state index contributed by atoms with van der Waals surface area (Å²) in [4.78, 5) is 28.8. The predicted molar refractivity (Wildman–Crippen MR) is 134 cm³/mol. The lowest BCUT2D eigenvalue weighted by atomic mass is 9.89. The van der Waals surface area contributed by atoms with E-state index in [1.165, 1.54) is 5.56 Å². The molecule has 0 unspecified atom stereocenters. The summed E-state index contributed by atoms with van der Waals surface area (Å²) in [5, 5.41) is 0. The molecule has 174 valence electrons. The Hall–Kier alpha value is -3.43. The number of amides is 1. The Balaban J connectivity index is 1.45. The van der Waals surface area contributed by atoms with Gasteiger partial charge in [-0.15, -0.1) is 0 Å². The second kappa shape index (κ2) is 8.73. The summed E-state index contributed by atoms with van der Waals surface area (Å²) < 4.78 is 0. The van der Waals surface area contributed by atoms with Crippen LogP contribution in [-0.2, 0) is 17.9 Å². The quantitative estimate of drug-likeness (QED) is 0.628. The topological polar surface area (TPSA) is 43.5 Å². The lowest BCUT2D eigenvalue weighted by Crippen LogP contribution is -2.59. The molecule has 34 heavy (non-hydrogen) atoms. The van der Waals surface area contributed by atoms with Gasteiger partial charge in [0.2, 0.25) is 5.96 Å². The van der Waals surface area contributed by atoms with Gasteiger partial charge in [0.05, 0.1) is 18.7 Å². The normalized spacial score (nSPS) is 19.9. The molecule has 0 atom stereocenters. The molecule has 0 radical (unpaired) electrons. The summed E-state index contributed by atoms with van der Waals surface area (Å²) in [7, 11) is 0. The van der Waals surface area contributed by atoms with Crippen molar-refractivity contribution in [2.75, 3.05) is 26.2 Å². The van der Waals surface area contributed by atoms with Crippen LogP contribution in [0.25, 0.3) is 4.85 Å². The third-order valence-corrected chi connectivity index (χ3v) is 6.85. The molecule has 0 fully saturated rings. The minimum Gasteiger partial charge on any atom is -0.315 e. The molecule has 2 aromatic rings. The largest absolute Gasteiger partial charge is 0.315 e. The van der Waals surface area contributed by atoms with Crippen molar-refractivity contribution < 1.29 is 4.79 Å². The monoisotopic (exact) mass is 453 g/mol. The van der Waals surface area contributed by atoms with Crippen molar-refractivity contribution in [3.8, 4) is 0 Å². The Morgan fingerprint density at radius 3 is 2.65 bits per heavy atom. The van der Waals surface area contributed by atoms with Gasteiger partial charge in [-0.1, -0.05) is 67.9 Å². The fraction of sp³-hybridized carbons (Fsp3) is 0.393. The van der Waals surface area contributed by atoms with Crippen molar-refractivity contribution in [1.29, 1.82) is 0 Å². The number of rotatable bonds is 4. The van der Waals surface area contributed by atoms with Crippen molar-refractivity contribution in [2.45, 2.75) is 40.3 Å². The zero-order valence-corrected chi connectivity index (χ0v) is 20.2. The van der Waals surface area contributed by atoms with E-state index in [4.69, 9.17) is 11.6 Å². The Morgan fingerprint density at radius 2 is 1.88 bits per heavy atom. The molecule has 0 bridgehead atoms. The maximum atomic E-state index is 13.8. The first-order valence-corrected chi connectivity index (χ1v) is 11.9. The molecule has 3 heterocycles. The van der Waals surface area contributed by atoms with E-state index in [1.807, 2.05) is 23.1 Å². The maximum Gasteiger partial charge on any atom is 0.259 e. The number of aliphatic imine (C=N–C) groups is 1. The molecule has 0 aromatic heterocycles. The minimum absolute atomic E-state index is 0.0643. The van der Waals surface area contributed by atoms with Crippen LogP contribution in [-0.4, -0.2) is 52.7 Å². The predicted octanol–water partition coefficient (Wildman–Crippen LogP) is 4.75. The van der Waals surface area contributed by atoms with E-state index in [-0.39, 0.29) is 11.3 Å². The molecular weight excluding hydrogens is 422 g/mol. The smallest absolute Gasteiger partial charge is 0.259 e. The highest BCUT2D eigenvalue weighted by Gasteiger charge is 2.43. The molecule has 0 saturated carbocycles. The molecule has 3 aliphatic rings. The first-order chi connectivity index (χ1) is 16.3. The molecule has 0 spiro atoms. The summed E-state index contributed by atoms with van der Waals surface area (Å²) >= 11 is 0. The van der Waals surface area contributed by atoms with Gasteiger partial charge in [-0.25, -0.2) is 4.85 Å². The fourth-order valence-electron chi connectivity index (χ4n) is 5.05. The first kappa shape index (κ1) is 22.4. The van der Waals surface area contributed by atoms with E-state index in [9.17, 15) is 4.79 Å². The second-order valence-corrected chi connectivity index (χ2v) is 10.4. The van der Waals surface area contributed by atoms with Crippen LogP contribution in [0.3, 0.4) is 0 Å². The van der Waals surface area contributed by atoms with Gasteiger partial charge in [0.1, 0.15) is 0 Å².